The van der Waals surface area contributed by atoms with Crippen LogP contribution in [-0.2, 0) is 6.54 Å². The van der Waals surface area contributed by atoms with Crippen LogP contribution in [0.4, 0.5) is 0 Å². The van der Waals surface area contributed by atoms with E-state index in [1.807, 2.05) is 12.3 Å². The van der Waals surface area contributed by atoms with Crippen molar-refractivity contribution in [2.45, 2.75) is 58.9 Å². The first-order valence-corrected chi connectivity index (χ1v) is 12.7. The smallest absolute Gasteiger partial charge is 0.159 e. The largest absolute Gasteiger partial charge is 0.321 e. The predicted molar refractivity (Wildman–Crippen MR) is 139 cm³/mol. The molecule has 0 unspecified atom stereocenters. The van der Waals surface area contributed by atoms with Crippen LogP contribution < -0.4 is 0 Å². The molecule has 5 rings (SSSR count). The Hall–Kier alpha value is -3.30. The van der Waals surface area contributed by atoms with Gasteiger partial charge >= 0.3 is 0 Å². The number of fused-ring (bicyclic) bond motifs is 1. The Bertz CT molecular complexity index is 1410. The quantitative estimate of drug-likeness (QED) is 0.303. The second kappa shape index (κ2) is 9.75. The zero-order valence-corrected chi connectivity index (χ0v) is 21.1. The van der Waals surface area contributed by atoms with Crippen molar-refractivity contribution in [1.82, 2.24) is 24.5 Å². The van der Waals surface area contributed by atoms with E-state index in [1.165, 1.54) is 31.2 Å². The van der Waals surface area contributed by atoms with Crippen molar-refractivity contribution in [2.24, 2.45) is 11.8 Å². The molecular weight excluding hydrogens is 456 g/mol. The summed E-state index contributed by atoms with van der Waals surface area (Å²) in [4.78, 5) is 18.7. The van der Waals surface area contributed by atoms with E-state index in [9.17, 15) is 5.26 Å². The van der Waals surface area contributed by atoms with Gasteiger partial charge in [-0.1, -0.05) is 45.2 Å². The van der Waals surface area contributed by atoms with Crippen LogP contribution in [0.5, 0.6) is 0 Å². The van der Waals surface area contributed by atoms with E-state index in [-0.39, 0.29) is 0 Å². The van der Waals surface area contributed by atoms with E-state index in [1.54, 1.807) is 18.5 Å². The van der Waals surface area contributed by atoms with Gasteiger partial charge in [0.05, 0.1) is 21.7 Å². The van der Waals surface area contributed by atoms with E-state index in [0.717, 1.165) is 40.6 Å². The average Bonchev–Trinajstić information content (AvgIpc) is 3.23. The summed E-state index contributed by atoms with van der Waals surface area (Å²) in [5.41, 5.74) is 5.46. The topological polar surface area (TPSA) is 80.3 Å². The lowest BCUT2D eigenvalue weighted by Crippen LogP contribution is -2.18. The standard InChI is InChI=1S/C28H29ClN6/c1-17(2)20-8-9-32-25(11-20)28-34-24-12-23(13-30)33-26(21-10-22(29)15-31-14-21)27(24)35(28)16-19-6-4-18(3)5-7-19/h8-12,14-15,17-19H,4-7,16H2,1-3H3. The SMILES string of the molecule is CC1CCC(Cn2c(-c3cc(C(C)C)ccn3)nc3cc(C#N)nc(-c4cncc(Cl)c4)c32)CC1. The van der Waals surface area contributed by atoms with Crippen LogP contribution in [0, 0.1) is 23.2 Å². The fourth-order valence-electron chi connectivity index (χ4n) is 5.03. The second-order valence-corrected chi connectivity index (χ2v) is 10.5. The molecule has 4 aromatic rings. The van der Waals surface area contributed by atoms with Gasteiger partial charge in [-0.3, -0.25) is 9.97 Å². The molecule has 1 aliphatic rings. The zero-order chi connectivity index (χ0) is 24.5. The first-order chi connectivity index (χ1) is 16.9. The van der Waals surface area contributed by atoms with Crippen molar-refractivity contribution < 1.29 is 0 Å². The van der Waals surface area contributed by atoms with E-state index >= 15 is 0 Å². The summed E-state index contributed by atoms with van der Waals surface area (Å²) in [6, 6.07) is 9.99. The number of halogens is 1. The van der Waals surface area contributed by atoms with Gasteiger partial charge in [0.2, 0.25) is 0 Å². The summed E-state index contributed by atoms with van der Waals surface area (Å²) in [7, 11) is 0. The highest BCUT2D eigenvalue weighted by Gasteiger charge is 2.25. The average molecular weight is 485 g/mol. The lowest BCUT2D eigenvalue weighted by atomic mass is 9.83. The van der Waals surface area contributed by atoms with Crippen LogP contribution >= 0.6 is 11.6 Å². The number of pyridine rings is 3. The molecule has 35 heavy (non-hydrogen) atoms. The molecule has 0 amide bonds. The van der Waals surface area contributed by atoms with Gasteiger partial charge < -0.3 is 4.57 Å². The highest BCUT2D eigenvalue weighted by Crippen LogP contribution is 2.36. The molecule has 0 aromatic carbocycles. The van der Waals surface area contributed by atoms with Gasteiger partial charge in [-0.25, -0.2) is 9.97 Å². The minimum Gasteiger partial charge on any atom is -0.321 e. The molecule has 0 bridgehead atoms. The molecule has 4 heterocycles. The predicted octanol–water partition coefficient (Wildman–Crippen LogP) is 7.03. The van der Waals surface area contributed by atoms with Gasteiger partial charge in [0.25, 0.3) is 0 Å². The van der Waals surface area contributed by atoms with Crippen molar-refractivity contribution >= 4 is 22.6 Å². The van der Waals surface area contributed by atoms with Gasteiger partial charge in [0, 0.05) is 36.8 Å². The molecule has 1 saturated carbocycles. The Morgan fingerprint density at radius 1 is 1.11 bits per heavy atom. The molecule has 0 saturated heterocycles. The van der Waals surface area contributed by atoms with E-state index in [2.05, 4.69) is 48.5 Å². The molecule has 0 aliphatic heterocycles. The van der Waals surface area contributed by atoms with Crippen molar-refractivity contribution in [2.75, 3.05) is 0 Å². The molecule has 0 atom stereocenters. The van der Waals surface area contributed by atoms with E-state index in [4.69, 9.17) is 26.6 Å². The third-order valence-corrected chi connectivity index (χ3v) is 7.28. The summed E-state index contributed by atoms with van der Waals surface area (Å²) in [6.45, 7) is 7.53. The number of hydrogen-bond acceptors (Lipinski definition) is 5. The maximum absolute atomic E-state index is 9.70. The summed E-state index contributed by atoms with van der Waals surface area (Å²) in [6.07, 6.45) is 10.1. The molecule has 1 aliphatic carbocycles. The third-order valence-electron chi connectivity index (χ3n) is 7.07. The van der Waals surface area contributed by atoms with Crippen LogP contribution in [0.1, 0.15) is 63.6 Å². The first-order valence-electron chi connectivity index (χ1n) is 12.3. The number of imidazole rings is 1. The number of nitrogens with zero attached hydrogens (tertiary/aromatic N) is 6. The third kappa shape index (κ3) is 4.78. The Morgan fingerprint density at radius 3 is 2.63 bits per heavy atom. The molecule has 7 heteroatoms. The van der Waals surface area contributed by atoms with E-state index in [0.29, 0.717) is 28.2 Å². The Balaban J connectivity index is 1.75. The Kier molecular flexibility index (Phi) is 6.53. The second-order valence-electron chi connectivity index (χ2n) is 10.0. The van der Waals surface area contributed by atoms with Crippen LogP contribution in [0.3, 0.4) is 0 Å². The fraction of sp³-hybridized carbons (Fsp3) is 0.393. The number of rotatable bonds is 5. The first kappa shape index (κ1) is 23.4. The molecule has 0 radical (unpaired) electrons. The highest BCUT2D eigenvalue weighted by atomic mass is 35.5. The van der Waals surface area contributed by atoms with Gasteiger partial charge in [0.15, 0.2) is 5.82 Å². The highest BCUT2D eigenvalue weighted by molar-refractivity contribution is 6.30. The minimum absolute atomic E-state index is 0.319. The number of hydrogen-bond donors (Lipinski definition) is 0. The van der Waals surface area contributed by atoms with Gasteiger partial charge in [0.1, 0.15) is 17.5 Å². The maximum atomic E-state index is 9.70. The molecule has 1 fully saturated rings. The summed E-state index contributed by atoms with van der Waals surface area (Å²) in [5, 5.41) is 10.2. The normalized spacial score (nSPS) is 18.2. The zero-order valence-electron chi connectivity index (χ0n) is 20.4. The number of nitriles is 1. The maximum Gasteiger partial charge on any atom is 0.159 e. The van der Waals surface area contributed by atoms with Crippen LogP contribution in [-0.4, -0.2) is 24.5 Å². The van der Waals surface area contributed by atoms with Crippen molar-refractivity contribution in [3.63, 3.8) is 0 Å². The van der Waals surface area contributed by atoms with Gasteiger partial charge in [-0.2, -0.15) is 5.26 Å². The van der Waals surface area contributed by atoms with Crippen molar-refractivity contribution in [3.05, 3.63) is 59.1 Å². The lowest BCUT2D eigenvalue weighted by Gasteiger charge is -2.27. The molecular formula is C28H29ClN6. The molecule has 178 valence electrons. The molecule has 0 spiro atoms. The molecule has 0 N–H and O–H groups in total. The van der Waals surface area contributed by atoms with Gasteiger partial charge in [-0.05, 0) is 54.4 Å². The Morgan fingerprint density at radius 2 is 1.91 bits per heavy atom. The fourth-order valence-corrected chi connectivity index (χ4v) is 5.20. The summed E-state index contributed by atoms with van der Waals surface area (Å²) < 4.78 is 2.27. The number of aromatic nitrogens is 5. The van der Waals surface area contributed by atoms with E-state index < -0.39 is 0 Å². The minimum atomic E-state index is 0.319. The van der Waals surface area contributed by atoms with Gasteiger partial charge in [-0.15, -0.1) is 0 Å². The van der Waals surface area contributed by atoms with Crippen LogP contribution in [0.2, 0.25) is 5.02 Å². The molecule has 6 nitrogen and oxygen atoms in total. The Labute approximate surface area is 211 Å². The van der Waals surface area contributed by atoms with Crippen molar-refractivity contribution in [3.8, 4) is 28.8 Å². The monoisotopic (exact) mass is 484 g/mol. The van der Waals surface area contributed by atoms with Crippen molar-refractivity contribution in [1.29, 1.82) is 5.26 Å². The molecule has 4 aromatic heterocycles. The lowest BCUT2D eigenvalue weighted by molar-refractivity contribution is 0.267. The van der Waals surface area contributed by atoms with Crippen LogP contribution in [0.25, 0.3) is 33.8 Å². The summed E-state index contributed by atoms with van der Waals surface area (Å²) in [5.74, 6) is 2.53. The van der Waals surface area contributed by atoms with Crippen LogP contribution in [0.15, 0.2) is 42.9 Å². The summed E-state index contributed by atoms with van der Waals surface area (Å²) >= 11 is 6.29.